The van der Waals surface area contributed by atoms with E-state index < -0.39 is 0 Å². The summed E-state index contributed by atoms with van der Waals surface area (Å²) in [6, 6.07) is 9.09. The first-order valence-electron chi connectivity index (χ1n) is 9.24. The number of alkyl halides is 1. The van der Waals surface area contributed by atoms with Crippen molar-refractivity contribution >= 4 is 39.5 Å². The Morgan fingerprint density at radius 1 is 1.32 bits per heavy atom. The molecule has 1 aromatic carbocycles. The Hall–Kier alpha value is -1.63. The van der Waals surface area contributed by atoms with Crippen LogP contribution < -0.4 is 0 Å². The maximum Gasteiger partial charge on any atom is 0.123 e. The zero-order chi connectivity index (χ0) is 20.4. The van der Waals surface area contributed by atoms with Crippen molar-refractivity contribution in [2.75, 3.05) is 12.4 Å². The van der Waals surface area contributed by atoms with Crippen LogP contribution in [0.4, 0.5) is 4.39 Å². The van der Waals surface area contributed by atoms with Crippen molar-refractivity contribution < 1.29 is 4.39 Å². The second-order valence-electron chi connectivity index (χ2n) is 6.43. The molecule has 0 fully saturated rings. The number of hydrogen-bond donors (Lipinski definition) is 2. The summed E-state index contributed by atoms with van der Waals surface area (Å²) in [5.74, 6) is 1.64. The zero-order valence-corrected chi connectivity index (χ0v) is 18.8. The minimum Gasteiger partial charge on any atom is -0.358 e. The molecule has 3 heterocycles. The number of aromatic amines is 1. The van der Waals surface area contributed by atoms with E-state index >= 15 is 0 Å². The molecule has 4 rings (SSSR count). The van der Waals surface area contributed by atoms with Crippen molar-refractivity contribution in [1.82, 2.24) is 14.9 Å². The summed E-state index contributed by atoms with van der Waals surface area (Å²) in [5, 5.41) is 2.72. The number of rotatable bonds is 2. The lowest BCUT2D eigenvalue weighted by Crippen LogP contribution is -2.22. The lowest BCUT2D eigenvalue weighted by Gasteiger charge is -2.20. The van der Waals surface area contributed by atoms with Gasteiger partial charge in [0.1, 0.15) is 5.82 Å². The van der Waals surface area contributed by atoms with Crippen LogP contribution in [0.5, 0.6) is 0 Å². The van der Waals surface area contributed by atoms with Crippen LogP contribution in [-0.2, 0) is 19.5 Å². The molecule has 0 saturated heterocycles. The fourth-order valence-corrected chi connectivity index (χ4v) is 3.34. The van der Waals surface area contributed by atoms with Gasteiger partial charge in [0.25, 0.3) is 0 Å². The monoisotopic (exact) mass is 463 g/mol. The van der Waals surface area contributed by atoms with Crippen molar-refractivity contribution in [3.8, 4) is 0 Å². The largest absolute Gasteiger partial charge is 0.358 e. The SMILES string of the molecule is C/C=C\S.CBr.Fc1ccc2[nH]c3c(c2c1)CN(Cc1cccnc1)CCC3. The Morgan fingerprint density at radius 2 is 2.11 bits per heavy atom. The first-order valence-corrected chi connectivity index (χ1v) is 11.3. The molecule has 3 aromatic rings. The van der Waals surface area contributed by atoms with Crippen molar-refractivity contribution in [2.45, 2.75) is 32.9 Å². The molecule has 0 bridgehead atoms. The van der Waals surface area contributed by atoms with Crippen LogP contribution in [0.2, 0.25) is 0 Å². The van der Waals surface area contributed by atoms with Gasteiger partial charge in [0.15, 0.2) is 0 Å². The third kappa shape index (κ3) is 6.19. The average Bonchev–Trinajstić information content (AvgIpc) is 2.94. The number of thiol groups is 1. The van der Waals surface area contributed by atoms with Gasteiger partial charge < -0.3 is 4.98 Å². The summed E-state index contributed by atoms with van der Waals surface area (Å²) >= 11 is 6.68. The van der Waals surface area contributed by atoms with Gasteiger partial charge in [-0.25, -0.2) is 4.39 Å². The molecular formula is C22H27BrFN3S. The average molecular weight is 464 g/mol. The predicted octanol–water partition coefficient (Wildman–Crippen LogP) is 6.11. The van der Waals surface area contributed by atoms with Gasteiger partial charge in [0.2, 0.25) is 0 Å². The maximum atomic E-state index is 13.6. The number of H-pyrrole nitrogens is 1. The Kier molecular flexibility index (Phi) is 9.75. The first-order chi connectivity index (χ1) is 13.7. The van der Waals surface area contributed by atoms with Crippen molar-refractivity contribution in [2.24, 2.45) is 0 Å². The number of fused-ring (bicyclic) bond motifs is 3. The number of halogens is 2. The molecular weight excluding hydrogens is 437 g/mol. The van der Waals surface area contributed by atoms with Gasteiger partial charge in [-0.1, -0.05) is 28.1 Å². The Labute approximate surface area is 180 Å². The molecule has 0 radical (unpaired) electrons. The molecule has 0 aliphatic carbocycles. The summed E-state index contributed by atoms with van der Waals surface area (Å²) in [5.41, 5.74) is 4.76. The van der Waals surface area contributed by atoms with Crippen LogP contribution in [0.1, 0.15) is 30.2 Å². The van der Waals surface area contributed by atoms with E-state index in [1.807, 2.05) is 37.2 Å². The number of benzene rings is 1. The molecule has 0 amide bonds. The summed E-state index contributed by atoms with van der Waals surface area (Å²) < 4.78 is 13.6. The standard InChI is InChI=1S/C18H18FN3.C3H6S.CH3Br/c19-14-5-6-18-15(9-14)16-12-22(8-2-4-17(16)21-18)11-13-3-1-7-20-10-13;1-2-3-4;1-2/h1,3,5-7,9-10,21H,2,4,8,11-12H2;2-4H,1H3;1H3/b;3-2-;. The van der Waals surface area contributed by atoms with Gasteiger partial charge in [-0.15, -0.1) is 0 Å². The molecule has 1 N–H and O–H groups in total. The molecule has 3 nitrogen and oxygen atoms in total. The normalized spacial score (nSPS) is 13.9. The van der Waals surface area contributed by atoms with Gasteiger partial charge in [0.05, 0.1) is 0 Å². The number of nitrogens with zero attached hydrogens (tertiary/aromatic N) is 2. The summed E-state index contributed by atoms with van der Waals surface area (Å²) in [4.78, 5) is 10.1. The van der Waals surface area contributed by atoms with Gasteiger partial charge in [-0.3, -0.25) is 9.88 Å². The smallest absolute Gasteiger partial charge is 0.123 e. The van der Waals surface area contributed by atoms with E-state index in [1.54, 1.807) is 17.7 Å². The van der Waals surface area contributed by atoms with Gasteiger partial charge in [-0.2, -0.15) is 12.6 Å². The van der Waals surface area contributed by atoms with E-state index in [1.165, 1.54) is 22.9 Å². The molecule has 0 spiro atoms. The topological polar surface area (TPSA) is 31.9 Å². The van der Waals surface area contributed by atoms with Crippen molar-refractivity contribution in [1.29, 1.82) is 0 Å². The molecule has 150 valence electrons. The van der Waals surface area contributed by atoms with Gasteiger partial charge >= 0.3 is 0 Å². The second kappa shape index (κ2) is 12.0. The molecule has 2 aromatic heterocycles. The minimum absolute atomic E-state index is 0.169. The van der Waals surface area contributed by atoms with Crippen LogP contribution in [0.25, 0.3) is 10.9 Å². The second-order valence-corrected chi connectivity index (χ2v) is 6.73. The lowest BCUT2D eigenvalue weighted by molar-refractivity contribution is 0.261. The van der Waals surface area contributed by atoms with Crippen LogP contribution >= 0.6 is 28.6 Å². The van der Waals surface area contributed by atoms with E-state index in [0.29, 0.717) is 0 Å². The van der Waals surface area contributed by atoms with Crippen LogP contribution in [0.15, 0.2) is 54.2 Å². The number of hydrogen-bond acceptors (Lipinski definition) is 3. The Morgan fingerprint density at radius 3 is 2.79 bits per heavy atom. The van der Waals surface area contributed by atoms with Crippen LogP contribution in [0.3, 0.4) is 0 Å². The van der Waals surface area contributed by atoms with E-state index in [4.69, 9.17) is 0 Å². The zero-order valence-electron chi connectivity index (χ0n) is 16.3. The molecule has 0 atom stereocenters. The number of aryl methyl sites for hydroxylation is 1. The number of nitrogens with one attached hydrogen (secondary N) is 1. The molecule has 1 aliphatic heterocycles. The van der Waals surface area contributed by atoms with Gasteiger partial charge in [-0.05, 0) is 72.9 Å². The highest BCUT2D eigenvalue weighted by Crippen LogP contribution is 2.28. The van der Waals surface area contributed by atoms with E-state index in [-0.39, 0.29) is 5.82 Å². The first kappa shape index (κ1) is 22.7. The highest BCUT2D eigenvalue weighted by atomic mass is 79.9. The number of pyridine rings is 1. The molecule has 1 aliphatic rings. The molecule has 0 saturated carbocycles. The number of aromatic nitrogens is 2. The maximum absolute atomic E-state index is 13.6. The van der Waals surface area contributed by atoms with Crippen molar-refractivity contribution in [3.63, 3.8) is 0 Å². The minimum atomic E-state index is -0.169. The van der Waals surface area contributed by atoms with Crippen LogP contribution in [0, 0.1) is 5.82 Å². The quantitative estimate of drug-likeness (QED) is 0.354. The highest BCUT2D eigenvalue weighted by molar-refractivity contribution is 9.08. The van der Waals surface area contributed by atoms with E-state index in [9.17, 15) is 4.39 Å². The summed E-state index contributed by atoms with van der Waals surface area (Å²) in [7, 11) is 0. The van der Waals surface area contributed by atoms with E-state index in [0.717, 1.165) is 43.4 Å². The summed E-state index contributed by atoms with van der Waals surface area (Å²) in [6.45, 7) is 4.71. The third-order valence-corrected chi connectivity index (χ3v) is 4.82. The van der Waals surface area contributed by atoms with E-state index in [2.05, 4.69) is 49.5 Å². The molecule has 0 unspecified atom stereocenters. The number of allylic oxidation sites excluding steroid dienone is 1. The van der Waals surface area contributed by atoms with Gasteiger partial charge in [0, 0.05) is 42.1 Å². The van der Waals surface area contributed by atoms with Crippen LogP contribution in [-0.4, -0.2) is 27.2 Å². The Balaban J connectivity index is 0.000000419. The molecule has 6 heteroatoms. The summed E-state index contributed by atoms with van der Waals surface area (Å²) in [6.07, 6.45) is 7.72. The lowest BCUT2D eigenvalue weighted by atomic mass is 10.1. The fraction of sp³-hybridized carbons (Fsp3) is 0.318. The molecule has 28 heavy (non-hydrogen) atoms. The third-order valence-electron chi connectivity index (χ3n) is 4.52. The Bertz CT molecular complexity index is 876. The fourth-order valence-electron chi connectivity index (χ4n) is 3.34. The highest BCUT2D eigenvalue weighted by Gasteiger charge is 2.19. The van der Waals surface area contributed by atoms with Crippen molar-refractivity contribution in [3.05, 3.63) is 76.8 Å². The predicted molar refractivity (Wildman–Crippen MR) is 124 cm³/mol.